The molecule has 0 spiro atoms. The second-order valence-electron chi connectivity index (χ2n) is 13.9. The van der Waals surface area contributed by atoms with Gasteiger partial charge in [0.25, 0.3) is 0 Å². The summed E-state index contributed by atoms with van der Waals surface area (Å²) in [4.78, 5) is 0. The summed E-state index contributed by atoms with van der Waals surface area (Å²) >= 11 is 0. The van der Waals surface area contributed by atoms with Crippen LogP contribution in [0.3, 0.4) is 0 Å². The van der Waals surface area contributed by atoms with Gasteiger partial charge in [-0.3, -0.25) is 0 Å². The first kappa shape index (κ1) is 28.6. The first-order valence-electron chi connectivity index (χ1n) is 18.0. The van der Waals surface area contributed by atoms with Gasteiger partial charge in [-0.25, -0.2) is 0 Å². The van der Waals surface area contributed by atoms with Crippen LogP contribution in [0.25, 0.3) is 121 Å². The molecule has 246 valence electrons. The molecule has 0 aliphatic rings. The Balaban J connectivity index is 1.22. The van der Waals surface area contributed by atoms with Crippen molar-refractivity contribution in [3.8, 4) is 33.4 Å². The molecule has 0 unspecified atom stereocenters. The number of hydrogen-bond donors (Lipinski definition) is 0. The van der Waals surface area contributed by atoms with Crippen molar-refractivity contribution in [2.24, 2.45) is 0 Å². The van der Waals surface area contributed by atoms with E-state index in [1.165, 1.54) is 16.3 Å². The Morgan fingerprint density at radius 2 is 0.660 bits per heavy atom. The van der Waals surface area contributed by atoms with Crippen LogP contribution in [-0.4, -0.2) is 0 Å². The molecule has 0 aliphatic carbocycles. The monoisotopic (exact) mass is 676 g/mol. The van der Waals surface area contributed by atoms with E-state index < -0.39 is 0 Å². The van der Waals surface area contributed by atoms with Crippen LogP contribution < -0.4 is 0 Å². The Morgan fingerprint density at radius 1 is 0.245 bits per heavy atom. The minimum Gasteiger partial charge on any atom is -0.456 e. The van der Waals surface area contributed by atoms with Crippen LogP contribution in [0.4, 0.5) is 0 Å². The zero-order valence-electron chi connectivity index (χ0n) is 28.4. The molecule has 0 bridgehead atoms. The lowest BCUT2D eigenvalue weighted by molar-refractivity contribution is 0.669. The third-order valence-electron chi connectivity index (χ3n) is 11.1. The summed E-state index contributed by atoms with van der Waals surface area (Å²) < 4.78 is 19.5. The average Bonchev–Trinajstić information content (AvgIpc) is 3.91. The van der Waals surface area contributed by atoms with Crippen LogP contribution in [0, 0.1) is 0 Å². The molecule has 0 amide bonds. The van der Waals surface area contributed by atoms with Crippen molar-refractivity contribution in [1.82, 2.24) is 0 Å². The van der Waals surface area contributed by atoms with Gasteiger partial charge >= 0.3 is 0 Å². The number of benzene rings is 9. The lowest BCUT2D eigenvalue weighted by atomic mass is 9.85. The van der Waals surface area contributed by atoms with Crippen LogP contribution in [0.5, 0.6) is 0 Å². The molecule has 3 heterocycles. The Hall–Kier alpha value is -7.10. The molecule has 3 nitrogen and oxygen atoms in total. The van der Waals surface area contributed by atoms with Gasteiger partial charge in [0, 0.05) is 43.4 Å². The van der Waals surface area contributed by atoms with Gasteiger partial charge in [-0.15, -0.1) is 0 Å². The molecule has 0 aliphatic heterocycles. The molecule has 0 saturated carbocycles. The molecule has 0 N–H and O–H groups in total. The number of hydrogen-bond acceptors (Lipinski definition) is 3. The number of fused-ring (bicyclic) bond motifs is 11. The second-order valence-corrected chi connectivity index (χ2v) is 13.9. The molecular weight excluding hydrogens is 649 g/mol. The van der Waals surface area contributed by atoms with Gasteiger partial charge in [-0.2, -0.15) is 0 Å². The molecule has 12 rings (SSSR count). The summed E-state index contributed by atoms with van der Waals surface area (Å²) in [6, 6.07) is 60.2. The maximum absolute atomic E-state index is 6.62. The quantitative estimate of drug-likeness (QED) is 0.175. The van der Waals surface area contributed by atoms with Gasteiger partial charge in [0.1, 0.15) is 33.5 Å². The van der Waals surface area contributed by atoms with E-state index in [1.807, 2.05) is 24.3 Å². The van der Waals surface area contributed by atoms with Crippen molar-refractivity contribution in [2.45, 2.75) is 0 Å². The zero-order valence-corrected chi connectivity index (χ0v) is 28.4. The molecule has 0 saturated heterocycles. The van der Waals surface area contributed by atoms with Gasteiger partial charge < -0.3 is 13.3 Å². The SMILES string of the molecule is c1ccc2c(c1)oc1ccc(-c3c4cccc(-c5cccc6c5oc5ccccc56)c4cc4c(-c5cccc6c5oc5ccccc56)cccc34)cc12. The predicted octanol–water partition coefficient (Wildman–Crippen LogP) is 14.7. The van der Waals surface area contributed by atoms with E-state index >= 15 is 0 Å². The summed E-state index contributed by atoms with van der Waals surface area (Å²) in [5.74, 6) is 0. The fourth-order valence-corrected chi connectivity index (χ4v) is 8.75. The van der Waals surface area contributed by atoms with Crippen LogP contribution in [0.15, 0.2) is 183 Å². The Kier molecular flexibility index (Phi) is 5.77. The molecule has 9 aromatic carbocycles. The van der Waals surface area contributed by atoms with Gasteiger partial charge in [0.2, 0.25) is 0 Å². The minimum atomic E-state index is 0.883. The maximum Gasteiger partial charge on any atom is 0.143 e. The van der Waals surface area contributed by atoms with E-state index in [4.69, 9.17) is 13.3 Å². The smallest absolute Gasteiger partial charge is 0.143 e. The third kappa shape index (κ3) is 4.05. The average molecular weight is 677 g/mol. The van der Waals surface area contributed by atoms with Crippen molar-refractivity contribution in [1.29, 1.82) is 0 Å². The molecule has 0 radical (unpaired) electrons. The summed E-state index contributed by atoms with van der Waals surface area (Å²) in [6.45, 7) is 0. The highest BCUT2D eigenvalue weighted by Crippen LogP contribution is 2.47. The van der Waals surface area contributed by atoms with E-state index in [2.05, 4.69) is 146 Å². The van der Waals surface area contributed by atoms with Crippen molar-refractivity contribution < 1.29 is 13.3 Å². The van der Waals surface area contributed by atoms with Gasteiger partial charge in [0.05, 0.1) is 0 Å². The highest BCUT2D eigenvalue weighted by atomic mass is 16.3. The van der Waals surface area contributed by atoms with E-state index in [0.717, 1.165) is 104 Å². The highest BCUT2D eigenvalue weighted by Gasteiger charge is 2.21. The Morgan fingerprint density at radius 3 is 1.21 bits per heavy atom. The maximum atomic E-state index is 6.62. The molecule has 3 heteroatoms. The largest absolute Gasteiger partial charge is 0.456 e. The van der Waals surface area contributed by atoms with Crippen LogP contribution in [0.1, 0.15) is 0 Å². The van der Waals surface area contributed by atoms with E-state index in [0.29, 0.717) is 0 Å². The lowest BCUT2D eigenvalue weighted by Crippen LogP contribution is -1.91. The summed E-state index contributed by atoms with van der Waals surface area (Å²) in [5.41, 5.74) is 12.1. The lowest BCUT2D eigenvalue weighted by Gasteiger charge is -2.17. The second kappa shape index (κ2) is 10.7. The first-order chi connectivity index (χ1) is 26.3. The fraction of sp³-hybridized carbons (Fsp3) is 0. The van der Waals surface area contributed by atoms with Gasteiger partial charge in [0.15, 0.2) is 0 Å². The van der Waals surface area contributed by atoms with Crippen molar-refractivity contribution in [3.05, 3.63) is 170 Å². The molecule has 0 atom stereocenters. The van der Waals surface area contributed by atoms with Gasteiger partial charge in [-0.05, 0) is 80.2 Å². The Bertz CT molecular complexity index is 3290. The van der Waals surface area contributed by atoms with E-state index in [-0.39, 0.29) is 0 Å². The minimum absolute atomic E-state index is 0.883. The zero-order chi connectivity index (χ0) is 34.6. The van der Waals surface area contributed by atoms with E-state index in [9.17, 15) is 0 Å². The molecule has 3 aromatic heterocycles. The predicted molar refractivity (Wildman–Crippen MR) is 220 cm³/mol. The molecular formula is C50H28O3. The van der Waals surface area contributed by atoms with Crippen molar-refractivity contribution in [3.63, 3.8) is 0 Å². The van der Waals surface area contributed by atoms with Crippen LogP contribution >= 0.6 is 0 Å². The normalized spacial score (nSPS) is 12.2. The van der Waals surface area contributed by atoms with Crippen LogP contribution in [0.2, 0.25) is 0 Å². The van der Waals surface area contributed by atoms with E-state index in [1.54, 1.807) is 0 Å². The van der Waals surface area contributed by atoms with Crippen molar-refractivity contribution in [2.75, 3.05) is 0 Å². The van der Waals surface area contributed by atoms with Gasteiger partial charge in [-0.1, -0.05) is 133 Å². The Labute approximate surface area is 302 Å². The van der Waals surface area contributed by atoms with Crippen molar-refractivity contribution >= 4 is 87.4 Å². The first-order valence-corrected chi connectivity index (χ1v) is 18.0. The number of rotatable bonds is 3. The summed E-state index contributed by atoms with van der Waals surface area (Å²) in [5, 5.41) is 11.4. The van der Waals surface area contributed by atoms with Crippen LogP contribution in [-0.2, 0) is 0 Å². The fourth-order valence-electron chi connectivity index (χ4n) is 8.75. The highest BCUT2D eigenvalue weighted by molar-refractivity contribution is 6.22. The molecule has 53 heavy (non-hydrogen) atoms. The topological polar surface area (TPSA) is 39.4 Å². The summed E-state index contributed by atoms with van der Waals surface area (Å²) in [6.07, 6.45) is 0. The summed E-state index contributed by atoms with van der Waals surface area (Å²) in [7, 11) is 0. The molecule has 12 aromatic rings. The molecule has 0 fully saturated rings. The standard InChI is InChI=1S/C50H28O3/c1-5-23-45-32(11-1)39-20-9-18-37(49(39)52-45)30-14-7-16-35-41(30)28-42-31(38-19-10-21-40-33-12-2-6-24-46(33)53-50(38)40)15-8-17-36(42)48(35)29-25-26-47-43(27-29)34-13-3-4-22-44(34)51-47/h1-28H. The number of furan rings is 3. The third-order valence-corrected chi connectivity index (χ3v) is 11.1. The number of para-hydroxylation sites is 5.